The molecule has 1 saturated carbocycles. The van der Waals surface area contributed by atoms with Crippen molar-refractivity contribution in [2.75, 3.05) is 4.90 Å². The average molecular weight is 340 g/mol. The number of fused-ring (bicyclic) bond motifs is 2. The number of halogens is 1. The van der Waals surface area contributed by atoms with Gasteiger partial charge < -0.3 is 10.8 Å². The summed E-state index contributed by atoms with van der Waals surface area (Å²) in [4.78, 5) is 25.3. The molecule has 128 valence electrons. The Morgan fingerprint density at radius 1 is 1.24 bits per heavy atom. The molecule has 1 spiro atoms. The van der Waals surface area contributed by atoms with Crippen molar-refractivity contribution in [2.45, 2.75) is 30.7 Å². The molecule has 2 aromatic carbocycles. The Kier molecular flexibility index (Phi) is 3.40. The number of carbonyl (C=O) groups is 2. The highest BCUT2D eigenvalue weighted by molar-refractivity contribution is 6.14. The Balaban J connectivity index is 1.67. The van der Waals surface area contributed by atoms with Crippen LogP contribution in [0.25, 0.3) is 0 Å². The van der Waals surface area contributed by atoms with Crippen LogP contribution in [0.1, 0.15) is 24.0 Å². The molecular weight excluding hydrogens is 323 g/mol. The SMILES string of the molecule is N[C@@H](Cc1ccc(N2C(=O)C3(CC3)c3ccc(F)cc32)cc1)C(=O)O. The van der Waals surface area contributed by atoms with Crippen molar-refractivity contribution >= 4 is 23.3 Å². The van der Waals surface area contributed by atoms with Gasteiger partial charge in [0.1, 0.15) is 11.9 Å². The third-order valence-electron chi connectivity index (χ3n) is 5.05. The van der Waals surface area contributed by atoms with Crippen molar-refractivity contribution in [2.24, 2.45) is 5.73 Å². The molecule has 6 heteroatoms. The van der Waals surface area contributed by atoms with Gasteiger partial charge in [-0.3, -0.25) is 14.5 Å². The highest BCUT2D eigenvalue weighted by atomic mass is 19.1. The maximum absolute atomic E-state index is 13.7. The monoisotopic (exact) mass is 340 g/mol. The zero-order valence-electron chi connectivity index (χ0n) is 13.4. The van der Waals surface area contributed by atoms with E-state index in [-0.39, 0.29) is 18.1 Å². The van der Waals surface area contributed by atoms with Crippen molar-refractivity contribution < 1.29 is 19.1 Å². The molecule has 1 atom stereocenters. The standard InChI is InChI=1S/C19H17FN2O3/c20-12-3-6-14-16(10-12)22(18(25)19(14)7-8-19)13-4-1-11(2-5-13)9-15(21)17(23)24/h1-6,10,15H,7-9,21H2,(H,23,24)/t15-/m0/s1. The minimum absolute atomic E-state index is 0.0249. The molecule has 2 aliphatic rings. The van der Waals surface area contributed by atoms with Crippen LogP contribution in [0.15, 0.2) is 42.5 Å². The number of carboxylic acids is 1. The number of benzene rings is 2. The van der Waals surface area contributed by atoms with E-state index in [1.165, 1.54) is 12.1 Å². The molecule has 1 aliphatic heterocycles. The van der Waals surface area contributed by atoms with E-state index in [0.29, 0.717) is 11.4 Å². The summed E-state index contributed by atoms with van der Waals surface area (Å²) in [5.41, 5.74) is 7.95. The molecule has 1 aliphatic carbocycles. The molecule has 4 rings (SSSR count). The minimum atomic E-state index is -1.06. The van der Waals surface area contributed by atoms with Crippen LogP contribution in [0.3, 0.4) is 0 Å². The van der Waals surface area contributed by atoms with Gasteiger partial charge in [-0.05, 0) is 54.7 Å². The van der Waals surface area contributed by atoms with Crippen molar-refractivity contribution in [3.8, 4) is 0 Å². The molecule has 1 heterocycles. The molecule has 0 radical (unpaired) electrons. The van der Waals surface area contributed by atoms with Gasteiger partial charge in [-0.1, -0.05) is 18.2 Å². The van der Waals surface area contributed by atoms with Gasteiger partial charge in [-0.15, -0.1) is 0 Å². The maximum atomic E-state index is 13.7. The molecule has 1 amide bonds. The fourth-order valence-electron chi connectivity index (χ4n) is 3.52. The van der Waals surface area contributed by atoms with Crippen LogP contribution in [-0.2, 0) is 21.4 Å². The van der Waals surface area contributed by atoms with Gasteiger partial charge in [0.25, 0.3) is 0 Å². The van der Waals surface area contributed by atoms with Gasteiger partial charge in [0, 0.05) is 5.69 Å². The summed E-state index contributed by atoms with van der Waals surface area (Å²) in [6.07, 6.45) is 1.78. The highest BCUT2D eigenvalue weighted by Gasteiger charge is 2.59. The number of amides is 1. The fourth-order valence-corrected chi connectivity index (χ4v) is 3.52. The second-order valence-electron chi connectivity index (χ2n) is 6.70. The van der Waals surface area contributed by atoms with Crippen molar-refractivity contribution in [1.29, 1.82) is 0 Å². The first-order valence-corrected chi connectivity index (χ1v) is 8.14. The number of nitrogens with zero attached hydrogens (tertiary/aromatic N) is 1. The van der Waals surface area contributed by atoms with E-state index < -0.39 is 17.4 Å². The molecule has 0 saturated heterocycles. The first-order chi connectivity index (χ1) is 11.9. The van der Waals surface area contributed by atoms with Gasteiger partial charge in [0.15, 0.2) is 0 Å². The van der Waals surface area contributed by atoms with E-state index in [4.69, 9.17) is 10.8 Å². The van der Waals surface area contributed by atoms with Crippen molar-refractivity contribution in [3.63, 3.8) is 0 Å². The summed E-state index contributed by atoms with van der Waals surface area (Å²) in [7, 11) is 0. The van der Waals surface area contributed by atoms with Crippen LogP contribution in [0.2, 0.25) is 0 Å². The Morgan fingerprint density at radius 3 is 2.52 bits per heavy atom. The van der Waals surface area contributed by atoms with Crippen LogP contribution in [0.4, 0.5) is 15.8 Å². The van der Waals surface area contributed by atoms with Gasteiger partial charge in [-0.25, -0.2) is 4.39 Å². The predicted molar refractivity (Wildman–Crippen MR) is 90.2 cm³/mol. The lowest BCUT2D eigenvalue weighted by molar-refractivity contribution is -0.138. The second kappa shape index (κ2) is 5.39. The summed E-state index contributed by atoms with van der Waals surface area (Å²) in [5, 5.41) is 8.89. The van der Waals surface area contributed by atoms with Crippen LogP contribution >= 0.6 is 0 Å². The van der Waals surface area contributed by atoms with E-state index >= 15 is 0 Å². The number of carboxylic acid groups (broad SMARTS) is 1. The van der Waals surface area contributed by atoms with Crippen molar-refractivity contribution in [3.05, 3.63) is 59.4 Å². The number of aliphatic carboxylic acids is 1. The number of rotatable bonds is 4. The van der Waals surface area contributed by atoms with Gasteiger partial charge in [0.2, 0.25) is 5.91 Å². The predicted octanol–water partition coefficient (Wildman–Crippen LogP) is 2.49. The topological polar surface area (TPSA) is 83.6 Å². The Hall–Kier alpha value is -2.73. The summed E-state index contributed by atoms with van der Waals surface area (Å²) < 4.78 is 13.7. The van der Waals surface area contributed by atoms with Gasteiger partial charge >= 0.3 is 5.97 Å². The summed E-state index contributed by atoms with van der Waals surface area (Å²) >= 11 is 0. The van der Waals surface area contributed by atoms with E-state index in [0.717, 1.165) is 24.0 Å². The Labute approximate surface area is 143 Å². The number of carbonyl (C=O) groups excluding carboxylic acids is 1. The van der Waals surface area contributed by atoms with Crippen molar-refractivity contribution in [1.82, 2.24) is 0 Å². The minimum Gasteiger partial charge on any atom is -0.480 e. The highest BCUT2D eigenvalue weighted by Crippen LogP contribution is 2.58. The molecule has 5 nitrogen and oxygen atoms in total. The number of nitrogens with two attached hydrogens (primary N) is 1. The zero-order valence-corrected chi connectivity index (χ0v) is 13.4. The quantitative estimate of drug-likeness (QED) is 0.896. The van der Waals surface area contributed by atoms with Gasteiger partial charge in [0.05, 0.1) is 11.1 Å². The summed E-state index contributed by atoms with van der Waals surface area (Å²) in [6, 6.07) is 10.5. The molecular formula is C19H17FN2O3. The number of hydrogen-bond acceptors (Lipinski definition) is 3. The van der Waals surface area contributed by atoms with Crippen LogP contribution < -0.4 is 10.6 Å². The maximum Gasteiger partial charge on any atom is 0.320 e. The average Bonchev–Trinajstić information content (AvgIpc) is 3.34. The first-order valence-electron chi connectivity index (χ1n) is 8.14. The lowest BCUT2D eigenvalue weighted by atomic mass is 9.98. The third-order valence-corrected chi connectivity index (χ3v) is 5.05. The molecule has 0 aromatic heterocycles. The lowest BCUT2D eigenvalue weighted by Gasteiger charge is -2.19. The smallest absolute Gasteiger partial charge is 0.320 e. The third kappa shape index (κ3) is 2.41. The molecule has 0 unspecified atom stereocenters. The van der Waals surface area contributed by atoms with E-state index in [9.17, 15) is 14.0 Å². The zero-order chi connectivity index (χ0) is 17.8. The first kappa shape index (κ1) is 15.8. The van der Waals surface area contributed by atoms with Crippen LogP contribution in [-0.4, -0.2) is 23.0 Å². The lowest BCUT2D eigenvalue weighted by Crippen LogP contribution is -2.32. The van der Waals surface area contributed by atoms with Gasteiger partial charge in [-0.2, -0.15) is 0 Å². The molecule has 2 aromatic rings. The second-order valence-corrected chi connectivity index (χ2v) is 6.70. The number of anilines is 2. The van der Waals surface area contributed by atoms with E-state index in [1.54, 1.807) is 35.2 Å². The van der Waals surface area contributed by atoms with Crippen LogP contribution in [0.5, 0.6) is 0 Å². The fraction of sp³-hybridized carbons (Fsp3) is 0.263. The largest absolute Gasteiger partial charge is 0.480 e. The van der Waals surface area contributed by atoms with E-state index in [2.05, 4.69) is 0 Å². The Morgan fingerprint density at radius 2 is 1.92 bits per heavy atom. The molecule has 3 N–H and O–H groups in total. The summed E-state index contributed by atoms with van der Waals surface area (Å²) in [5.74, 6) is -1.46. The molecule has 25 heavy (non-hydrogen) atoms. The van der Waals surface area contributed by atoms with E-state index in [1.807, 2.05) is 0 Å². The Bertz CT molecular complexity index is 875. The number of hydrogen-bond donors (Lipinski definition) is 2. The normalized spacial score (nSPS) is 18.3. The molecule has 1 fully saturated rings. The summed E-state index contributed by atoms with van der Waals surface area (Å²) in [6.45, 7) is 0. The van der Waals surface area contributed by atoms with Crippen LogP contribution in [0, 0.1) is 5.82 Å². The molecule has 0 bridgehead atoms.